The zero-order chi connectivity index (χ0) is 22.1. The van der Waals surface area contributed by atoms with Crippen molar-refractivity contribution in [3.63, 3.8) is 0 Å². The molecule has 1 aliphatic heterocycles. The van der Waals surface area contributed by atoms with E-state index >= 15 is 0 Å². The molecule has 1 aliphatic rings. The Bertz CT molecular complexity index is 1110. The summed E-state index contributed by atoms with van der Waals surface area (Å²) < 4.78 is 0. The Labute approximate surface area is 191 Å². The summed E-state index contributed by atoms with van der Waals surface area (Å²) in [6.07, 6.45) is 3.15. The van der Waals surface area contributed by atoms with Crippen LogP contribution in [0.1, 0.15) is 34.3 Å². The Hall–Kier alpha value is -2.54. The molecule has 31 heavy (non-hydrogen) atoms. The highest BCUT2D eigenvalue weighted by Gasteiger charge is 2.28. The van der Waals surface area contributed by atoms with Gasteiger partial charge in [-0.2, -0.15) is 0 Å². The van der Waals surface area contributed by atoms with Gasteiger partial charge in [-0.25, -0.2) is 0 Å². The number of anilines is 1. The van der Waals surface area contributed by atoms with Crippen molar-refractivity contribution >= 4 is 40.2 Å². The molecule has 0 fully saturated rings. The van der Waals surface area contributed by atoms with Gasteiger partial charge in [-0.05, 0) is 68.9 Å². The molecule has 1 atom stereocenters. The number of benzene rings is 1. The van der Waals surface area contributed by atoms with Gasteiger partial charge >= 0.3 is 0 Å². The average molecular weight is 453 g/mol. The maximum Gasteiger partial charge on any atom is 0.268 e. The number of rotatable bonds is 6. The third kappa shape index (κ3) is 4.56. The van der Waals surface area contributed by atoms with Gasteiger partial charge in [-0.3, -0.25) is 9.78 Å². The number of thiophene rings is 1. The minimum Gasteiger partial charge on any atom is -0.306 e. The number of carbonyl (C=O) groups is 1. The summed E-state index contributed by atoms with van der Waals surface area (Å²) in [5, 5.41) is 9.03. The van der Waals surface area contributed by atoms with Crippen LogP contribution in [0.3, 0.4) is 0 Å². The van der Waals surface area contributed by atoms with Crippen LogP contribution in [0.15, 0.2) is 48.7 Å². The molecule has 0 aliphatic carbocycles. The minimum atomic E-state index is 0.0114. The van der Waals surface area contributed by atoms with Crippen molar-refractivity contribution in [1.82, 2.24) is 9.88 Å². The Balaban J connectivity index is 1.52. The van der Waals surface area contributed by atoms with Crippen LogP contribution in [0, 0.1) is 5.41 Å². The molecule has 0 bridgehead atoms. The monoisotopic (exact) mass is 452 g/mol. The molecule has 7 heteroatoms. The number of nitrogens with one attached hydrogen (secondary N) is 1. The molecule has 1 N–H and O–H groups in total. The van der Waals surface area contributed by atoms with Crippen LogP contribution in [-0.2, 0) is 6.42 Å². The van der Waals surface area contributed by atoms with E-state index in [-0.39, 0.29) is 11.9 Å². The fourth-order valence-electron chi connectivity index (χ4n) is 3.56. The predicted octanol–water partition coefficient (Wildman–Crippen LogP) is 5.37. The molecule has 0 unspecified atom stereocenters. The Morgan fingerprint density at radius 2 is 2.00 bits per heavy atom. The predicted molar refractivity (Wildman–Crippen MR) is 129 cm³/mol. The fourth-order valence-corrected chi connectivity index (χ4v) is 4.85. The van der Waals surface area contributed by atoms with E-state index in [0.717, 1.165) is 33.0 Å². The van der Waals surface area contributed by atoms with Gasteiger partial charge in [0.2, 0.25) is 0 Å². The van der Waals surface area contributed by atoms with E-state index in [4.69, 9.17) is 17.0 Å². The molecule has 160 valence electrons. The zero-order valence-electron chi connectivity index (χ0n) is 17.9. The summed E-state index contributed by atoms with van der Waals surface area (Å²) in [4.78, 5) is 23.4. The van der Waals surface area contributed by atoms with Crippen LogP contribution >= 0.6 is 22.9 Å². The number of pyridine rings is 1. The number of amides is 1. The van der Waals surface area contributed by atoms with E-state index in [0.29, 0.717) is 29.4 Å². The van der Waals surface area contributed by atoms with Crippen molar-refractivity contribution in [2.45, 2.75) is 25.8 Å². The summed E-state index contributed by atoms with van der Waals surface area (Å²) in [5.41, 5.74) is 4.10. The number of halogens is 1. The number of carbonyl (C=O) groups excluding carboxylic acids is 1. The molecule has 0 spiro atoms. The van der Waals surface area contributed by atoms with Crippen molar-refractivity contribution in [2.75, 3.05) is 25.5 Å². The topological polar surface area (TPSA) is 60.3 Å². The Morgan fingerprint density at radius 1 is 1.26 bits per heavy atom. The van der Waals surface area contributed by atoms with Crippen LogP contribution in [0.2, 0.25) is 5.02 Å². The van der Waals surface area contributed by atoms with Gasteiger partial charge in [0.1, 0.15) is 0 Å². The normalized spacial score (nSPS) is 14.6. The first-order valence-electron chi connectivity index (χ1n) is 10.2. The van der Waals surface area contributed by atoms with E-state index < -0.39 is 0 Å². The van der Waals surface area contributed by atoms with Gasteiger partial charge in [0.05, 0.1) is 28.2 Å². The third-order valence-corrected chi connectivity index (χ3v) is 7.20. The molecule has 1 amide bonds. The molecule has 3 aromatic rings. The number of hydrogen-bond acceptors (Lipinski definition) is 5. The molecule has 0 saturated heterocycles. The molecular weight excluding hydrogens is 428 g/mol. The van der Waals surface area contributed by atoms with Gasteiger partial charge in [-0.15, -0.1) is 11.3 Å². The first-order chi connectivity index (χ1) is 14.8. The van der Waals surface area contributed by atoms with Crippen molar-refractivity contribution in [2.24, 2.45) is 0 Å². The minimum absolute atomic E-state index is 0.0114. The third-order valence-electron chi connectivity index (χ3n) is 5.73. The van der Waals surface area contributed by atoms with Crippen LogP contribution < -0.4 is 4.90 Å². The standard InChI is InChI=1S/C24H25ClN4OS/c1-15(28(2)3)12-20(26)21-9-8-19(14-27-21)29-11-10-17-13-22(31-23(17)24(29)30)16-4-6-18(25)7-5-16/h4-9,13-15,26H,10-12H2,1-3H3/t15-/m0/s1. The Morgan fingerprint density at radius 3 is 2.65 bits per heavy atom. The highest BCUT2D eigenvalue weighted by molar-refractivity contribution is 7.17. The highest BCUT2D eigenvalue weighted by Crippen LogP contribution is 2.36. The fraction of sp³-hybridized carbons (Fsp3) is 0.292. The van der Waals surface area contributed by atoms with Crippen LogP contribution in [0.4, 0.5) is 5.69 Å². The highest BCUT2D eigenvalue weighted by atomic mass is 35.5. The molecule has 5 nitrogen and oxygen atoms in total. The molecule has 2 aromatic heterocycles. The van der Waals surface area contributed by atoms with Gasteiger partial charge < -0.3 is 15.2 Å². The Kier molecular flexibility index (Phi) is 6.23. The van der Waals surface area contributed by atoms with E-state index in [1.165, 1.54) is 11.3 Å². The summed E-state index contributed by atoms with van der Waals surface area (Å²) in [6.45, 7) is 2.71. The molecule has 3 heterocycles. The van der Waals surface area contributed by atoms with Gasteiger partial charge in [0.25, 0.3) is 5.91 Å². The SMILES string of the molecule is C[C@@H](CC(=N)c1ccc(N2CCc3cc(-c4ccc(Cl)cc4)sc3C2=O)cn1)N(C)C. The maximum atomic E-state index is 13.2. The lowest BCUT2D eigenvalue weighted by Crippen LogP contribution is -2.36. The molecule has 1 aromatic carbocycles. The van der Waals surface area contributed by atoms with Crippen molar-refractivity contribution in [1.29, 1.82) is 5.41 Å². The van der Waals surface area contributed by atoms with Crippen molar-refractivity contribution in [3.05, 3.63) is 69.8 Å². The average Bonchev–Trinajstić information content (AvgIpc) is 3.20. The van der Waals surface area contributed by atoms with Crippen molar-refractivity contribution < 1.29 is 4.79 Å². The molecular formula is C24H25ClN4OS. The maximum absolute atomic E-state index is 13.2. The lowest BCUT2D eigenvalue weighted by molar-refractivity contribution is 0.0985. The van der Waals surface area contributed by atoms with Gasteiger partial charge in [0.15, 0.2) is 0 Å². The quantitative estimate of drug-likeness (QED) is 0.511. The smallest absolute Gasteiger partial charge is 0.268 e. The number of hydrogen-bond donors (Lipinski definition) is 1. The molecule has 0 radical (unpaired) electrons. The van der Waals surface area contributed by atoms with Crippen LogP contribution in [0.5, 0.6) is 0 Å². The van der Waals surface area contributed by atoms with Gasteiger partial charge in [0, 0.05) is 28.9 Å². The first kappa shape index (κ1) is 21.7. The van der Waals surface area contributed by atoms with Crippen molar-refractivity contribution in [3.8, 4) is 10.4 Å². The summed E-state index contributed by atoms with van der Waals surface area (Å²) >= 11 is 7.53. The molecule has 4 rings (SSSR count). The van der Waals surface area contributed by atoms with E-state index in [9.17, 15) is 4.79 Å². The van der Waals surface area contributed by atoms with Gasteiger partial charge in [-0.1, -0.05) is 23.7 Å². The first-order valence-corrected chi connectivity index (χ1v) is 11.4. The van der Waals surface area contributed by atoms with E-state index in [2.05, 4.69) is 22.9 Å². The number of aromatic nitrogens is 1. The largest absolute Gasteiger partial charge is 0.306 e. The lowest BCUT2D eigenvalue weighted by atomic mass is 10.0. The van der Waals surface area contributed by atoms with Crippen LogP contribution in [0.25, 0.3) is 10.4 Å². The van der Waals surface area contributed by atoms with Crippen LogP contribution in [-0.4, -0.2) is 48.2 Å². The van der Waals surface area contributed by atoms with E-state index in [1.54, 1.807) is 11.1 Å². The number of fused-ring (bicyclic) bond motifs is 1. The van der Waals surface area contributed by atoms with E-state index in [1.807, 2.05) is 50.5 Å². The summed E-state index contributed by atoms with van der Waals surface area (Å²) in [6, 6.07) is 13.8. The second kappa shape index (κ2) is 8.91. The summed E-state index contributed by atoms with van der Waals surface area (Å²) in [7, 11) is 4.02. The second-order valence-electron chi connectivity index (χ2n) is 8.08. The summed E-state index contributed by atoms with van der Waals surface area (Å²) in [5.74, 6) is 0.0114. The zero-order valence-corrected chi connectivity index (χ0v) is 19.4. The lowest BCUT2D eigenvalue weighted by Gasteiger charge is -2.26. The molecule has 0 saturated carbocycles. The second-order valence-corrected chi connectivity index (χ2v) is 9.56. The number of nitrogens with zero attached hydrogens (tertiary/aromatic N) is 3.